The Hall–Kier alpha value is -0.210. The summed E-state index contributed by atoms with van der Waals surface area (Å²) in [6, 6.07) is 0. The normalized spacial score (nSPS) is 46.0. The summed E-state index contributed by atoms with van der Waals surface area (Å²) < 4.78 is 36.8. The first-order valence-corrected chi connectivity index (χ1v) is 4.56. The Morgan fingerprint density at radius 3 is 2.33 bits per heavy atom. The summed E-state index contributed by atoms with van der Waals surface area (Å²) in [5, 5.41) is 0. The SMILES string of the molecule is CCC12CCC1C(C(F)(F)F)C2. The third kappa shape index (κ3) is 0.852. The van der Waals surface area contributed by atoms with E-state index >= 15 is 0 Å². The predicted octanol–water partition coefficient (Wildman–Crippen LogP) is 3.38. The van der Waals surface area contributed by atoms with Gasteiger partial charge < -0.3 is 0 Å². The molecule has 0 bridgehead atoms. The van der Waals surface area contributed by atoms with Crippen molar-refractivity contribution >= 4 is 0 Å². The molecule has 2 saturated carbocycles. The van der Waals surface area contributed by atoms with Crippen LogP contribution in [0.5, 0.6) is 0 Å². The highest BCUT2D eigenvalue weighted by Crippen LogP contribution is 2.69. The maximum Gasteiger partial charge on any atom is 0.392 e. The third-order valence-corrected chi connectivity index (χ3v) is 3.98. The largest absolute Gasteiger partial charge is 0.392 e. The lowest BCUT2D eigenvalue weighted by molar-refractivity contribution is -0.282. The van der Waals surface area contributed by atoms with Gasteiger partial charge >= 0.3 is 6.18 Å². The molecular formula is C9H13F3. The van der Waals surface area contributed by atoms with Crippen LogP contribution in [0.3, 0.4) is 0 Å². The molecular weight excluding hydrogens is 165 g/mol. The topological polar surface area (TPSA) is 0 Å². The van der Waals surface area contributed by atoms with Crippen LogP contribution in [0.25, 0.3) is 0 Å². The first-order chi connectivity index (χ1) is 5.49. The second-order valence-electron chi connectivity index (χ2n) is 4.21. The summed E-state index contributed by atoms with van der Waals surface area (Å²) in [7, 11) is 0. The lowest BCUT2D eigenvalue weighted by Crippen LogP contribution is -2.59. The van der Waals surface area contributed by atoms with Crippen molar-refractivity contribution in [2.45, 2.75) is 38.8 Å². The van der Waals surface area contributed by atoms with Crippen LogP contribution in [0, 0.1) is 17.3 Å². The number of hydrogen-bond donors (Lipinski definition) is 0. The molecule has 0 amide bonds. The van der Waals surface area contributed by atoms with Gasteiger partial charge in [0.25, 0.3) is 0 Å². The molecule has 0 aromatic carbocycles. The van der Waals surface area contributed by atoms with E-state index in [0.717, 1.165) is 19.3 Å². The molecule has 3 atom stereocenters. The Balaban J connectivity index is 2.02. The van der Waals surface area contributed by atoms with Crippen LogP contribution in [0.2, 0.25) is 0 Å². The fraction of sp³-hybridized carbons (Fsp3) is 1.00. The van der Waals surface area contributed by atoms with Gasteiger partial charge in [0.15, 0.2) is 0 Å². The van der Waals surface area contributed by atoms with Crippen molar-refractivity contribution in [3.63, 3.8) is 0 Å². The number of rotatable bonds is 1. The van der Waals surface area contributed by atoms with Crippen molar-refractivity contribution in [2.75, 3.05) is 0 Å². The van der Waals surface area contributed by atoms with Gasteiger partial charge in [-0.3, -0.25) is 0 Å². The highest BCUT2D eigenvalue weighted by Gasteiger charge is 2.66. The van der Waals surface area contributed by atoms with Crippen LogP contribution in [-0.4, -0.2) is 6.18 Å². The van der Waals surface area contributed by atoms with E-state index in [1.54, 1.807) is 0 Å². The van der Waals surface area contributed by atoms with Crippen LogP contribution < -0.4 is 0 Å². The Kier molecular flexibility index (Phi) is 1.52. The standard InChI is InChI=1S/C9H13F3/c1-2-8-4-3-6(8)7(5-8)9(10,11)12/h6-7H,2-5H2,1H3. The van der Waals surface area contributed by atoms with E-state index in [4.69, 9.17) is 0 Å². The van der Waals surface area contributed by atoms with E-state index in [1.165, 1.54) is 0 Å². The van der Waals surface area contributed by atoms with Crippen LogP contribution in [-0.2, 0) is 0 Å². The van der Waals surface area contributed by atoms with Crippen LogP contribution in [0.15, 0.2) is 0 Å². The average molecular weight is 178 g/mol. The van der Waals surface area contributed by atoms with Crippen LogP contribution in [0.4, 0.5) is 13.2 Å². The summed E-state index contributed by atoms with van der Waals surface area (Å²) in [6.07, 6.45) is -0.759. The quantitative estimate of drug-likeness (QED) is 0.577. The van der Waals surface area contributed by atoms with Gasteiger partial charge in [0.1, 0.15) is 0 Å². The molecule has 2 fully saturated rings. The van der Waals surface area contributed by atoms with Gasteiger partial charge in [0.05, 0.1) is 5.92 Å². The first-order valence-electron chi connectivity index (χ1n) is 4.56. The summed E-state index contributed by atoms with van der Waals surface area (Å²) in [5.41, 5.74) is 0.111. The Labute approximate surface area is 70.1 Å². The molecule has 0 heterocycles. The van der Waals surface area contributed by atoms with Gasteiger partial charge in [-0.15, -0.1) is 0 Å². The Morgan fingerprint density at radius 1 is 1.42 bits per heavy atom. The minimum absolute atomic E-state index is 0.0255. The van der Waals surface area contributed by atoms with E-state index in [0.29, 0.717) is 6.42 Å². The third-order valence-electron chi connectivity index (χ3n) is 3.98. The monoisotopic (exact) mass is 178 g/mol. The highest BCUT2D eigenvalue weighted by molar-refractivity contribution is 5.09. The van der Waals surface area contributed by atoms with E-state index in [1.807, 2.05) is 6.92 Å². The van der Waals surface area contributed by atoms with E-state index in [-0.39, 0.29) is 11.3 Å². The zero-order valence-electron chi connectivity index (χ0n) is 7.12. The molecule has 3 unspecified atom stereocenters. The van der Waals surface area contributed by atoms with Crippen molar-refractivity contribution in [2.24, 2.45) is 17.3 Å². The van der Waals surface area contributed by atoms with Gasteiger partial charge in [-0.25, -0.2) is 0 Å². The van der Waals surface area contributed by atoms with Crippen molar-refractivity contribution in [3.05, 3.63) is 0 Å². The number of halogens is 3. The summed E-state index contributed by atoms with van der Waals surface area (Å²) in [5.74, 6) is -0.992. The van der Waals surface area contributed by atoms with E-state index in [9.17, 15) is 13.2 Å². The maximum absolute atomic E-state index is 12.3. The van der Waals surface area contributed by atoms with Crippen molar-refractivity contribution < 1.29 is 13.2 Å². The van der Waals surface area contributed by atoms with Crippen molar-refractivity contribution in [3.8, 4) is 0 Å². The van der Waals surface area contributed by atoms with Gasteiger partial charge in [0, 0.05) is 0 Å². The molecule has 0 nitrogen and oxygen atoms in total. The molecule has 0 saturated heterocycles. The van der Waals surface area contributed by atoms with Crippen LogP contribution >= 0.6 is 0 Å². The zero-order valence-corrected chi connectivity index (χ0v) is 7.12. The number of alkyl halides is 3. The molecule has 0 aromatic heterocycles. The summed E-state index contributed by atoms with van der Waals surface area (Å²) in [4.78, 5) is 0. The highest BCUT2D eigenvalue weighted by atomic mass is 19.4. The predicted molar refractivity (Wildman–Crippen MR) is 39.6 cm³/mol. The molecule has 0 spiro atoms. The molecule has 0 aromatic rings. The minimum atomic E-state index is -3.93. The lowest BCUT2D eigenvalue weighted by Gasteiger charge is -2.63. The maximum atomic E-state index is 12.3. The van der Waals surface area contributed by atoms with Crippen LogP contribution in [0.1, 0.15) is 32.6 Å². The number of hydrogen-bond acceptors (Lipinski definition) is 0. The zero-order chi connectivity index (χ0) is 8.98. The van der Waals surface area contributed by atoms with E-state index < -0.39 is 12.1 Å². The molecule has 0 N–H and O–H groups in total. The second-order valence-corrected chi connectivity index (χ2v) is 4.21. The average Bonchev–Trinajstić information content (AvgIpc) is 1.93. The molecule has 3 heteroatoms. The fourth-order valence-electron chi connectivity index (χ4n) is 2.95. The molecule has 2 aliphatic carbocycles. The van der Waals surface area contributed by atoms with Crippen molar-refractivity contribution in [1.29, 1.82) is 0 Å². The first kappa shape index (κ1) is 8.39. The molecule has 2 rings (SSSR count). The van der Waals surface area contributed by atoms with Gasteiger partial charge in [-0.2, -0.15) is 13.2 Å². The molecule has 0 radical (unpaired) electrons. The lowest BCUT2D eigenvalue weighted by atomic mass is 9.42. The van der Waals surface area contributed by atoms with Crippen molar-refractivity contribution in [1.82, 2.24) is 0 Å². The molecule has 12 heavy (non-hydrogen) atoms. The van der Waals surface area contributed by atoms with Gasteiger partial charge in [-0.1, -0.05) is 13.3 Å². The Morgan fingerprint density at radius 2 is 2.08 bits per heavy atom. The molecule has 2 aliphatic rings. The second kappa shape index (κ2) is 2.18. The Bertz CT molecular complexity index is 192. The fourth-order valence-corrected chi connectivity index (χ4v) is 2.95. The minimum Gasteiger partial charge on any atom is -0.171 e. The smallest absolute Gasteiger partial charge is 0.171 e. The summed E-state index contributed by atoms with van der Waals surface area (Å²) >= 11 is 0. The number of fused-ring (bicyclic) bond motifs is 1. The molecule has 0 aliphatic heterocycles. The van der Waals surface area contributed by atoms with E-state index in [2.05, 4.69) is 0 Å². The van der Waals surface area contributed by atoms with Gasteiger partial charge in [-0.05, 0) is 30.6 Å². The molecule has 70 valence electrons. The summed E-state index contributed by atoms with van der Waals surface area (Å²) in [6.45, 7) is 2.01. The van der Waals surface area contributed by atoms with Gasteiger partial charge in [0.2, 0.25) is 0 Å².